The first-order valence-electron chi connectivity index (χ1n) is 8.57. The van der Waals surface area contributed by atoms with Gasteiger partial charge in [-0.15, -0.1) is 0 Å². The molecule has 2 aliphatic carbocycles. The normalized spacial score (nSPS) is 31.7. The maximum absolute atomic E-state index is 12.2. The molecule has 0 spiro atoms. The summed E-state index contributed by atoms with van der Waals surface area (Å²) < 4.78 is 5.53. The van der Waals surface area contributed by atoms with E-state index in [1.807, 2.05) is 7.05 Å². The average Bonchev–Trinajstić information content (AvgIpc) is 3.25. The fraction of sp³-hybridized carbons (Fsp3) is 0.875. The van der Waals surface area contributed by atoms with Crippen molar-refractivity contribution in [3.8, 4) is 0 Å². The minimum atomic E-state index is -0.767. The van der Waals surface area contributed by atoms with Crippen molar-refractivity contribution >= 4 is 11.9 Å². The monoisotopic (exact) mass is 325 g/mol. The second kappa shape index (κ2) is 7.15. The Labute approximate surface area is 136 Å². The first-order valence-corrected chi connectivity index (χ1v) is 8.57. The van der Waals surface area contributed by atoms with E-state index in [0.717, 1.165) is 25.9 Å². The number of carbonyl (C=O) groups excluding carboxylic acids is 1. The summed E-state index contributed by atoms with van der Waals surface area (Å²) in [6.45, 7) is 3.08. The first kappa shape index (κ1) is 16.7. The molecule has 0 aromatic rings. The molecular weight excluding hydrogens is 298 g/mol. The lowest BCUT2D eigenvalue weighted by Crippen LogP contribution is -2.58. The molecule has 0 aromatic carbocycles. The molecule has 3 rings (SSSR count). The van der Waals surface area contributed by atoms with E-state index >= 15 is 0 Å². The molecule has 1 amide bonds. The van der Waals surface area contributed by atoms with Gasteiger partial charge in [0.1, 0.15) is 6.10 Å². The van der Waals surface area contributed by atoms with Crippen LogP contribution in [0.4, 0.5) is 0 Å². The summed E-state index contributed by atoms with van der Waals surface area (Å²) >= 11 is 0. The van der Waals surface area contributed by atoms with E-state index < -0.39 is 5.97 Å². The molecule has 0 radical (unpaired) electrons. The molecule has 0 bridgehead atoms. The molecule has 130 valence electrons. The van der Waals surface area contributed by atoms with Gasteiger partial charge in [-0.3, -0.25) is 14.5 Å². The number of rotatable bonds is 7. The molecule has 23 heavy (non-hydrogen) atoms. The van der Waals surface area contributed by atoms with Gasteiger partial charge in [-0.05, 0) is 38.6 Å². The standard InChI is InChI=1S/C16H27N3O4/c1-18-4-5-23-14(9-18)16(22)17-12-6-13(7-12)19(10-15(20)21)8-11-2-3-11/h11-14H,2-10H2,1H3,(H,17,22)(H,20,21)/t12?,13?,14-/m1/s1. The van der Waals surface area contributed by atoms with E-state index in [1.165, 1.54) is 12.8 Å². The van der Waals surface area contributed by atoms with E-state index in [1.54, 1.807) is 0 Å². The second-order valence-electron chi connectivity index (χ2n) is 7.22. The van der Waals surface area contributed by atoms with E-state index in [9.17, 15) is 9.59 Å². The molecule has 1 atom stereocenters. The van der Waals surface area contributed by atoms with Crippen molar-refractivity contribution in [2.75, 3.05) is 39.8 Å². The van der Waals surface area contributed by atoms with Crippen molar-refractivity contribution in [3.63, 3.8) is 0 Å². The van der Waals surface area contributed by atoms with Gasteiger partial charge in [0.15, 0.2) is 0 Å². The number of morpholine rings is 1. The molecule has 3 aliphatic rings. The highest BCUT2D eigenvalue weighted by Crippen LogP contribution is 2.33. The van der Waals surface area contributed by atoms with Crippen molar-refractivity contribution in [2.45, 2.75) is 43.9 Å². The van der Waals surface area contributed by atoms with Gasteiger partial charge >= 0.3 is 5.97 Å². The molecule has 0 aromatic heterocycles. The number of hydrogen-bond donors (Lipinski definition) is 2. The lowest BCUT2D eigenvalue weighted by atomic mass is 9.85. The number of aliphatic carboxylic acids is 1. The van der Waals surface area contributed by atoms with E-state index in [0.29, 0.717) is 19.1 Å². The van der Waals surface area contributed by atoms with Gasteiger partial charge in [-0.25, -0.2) is 0 Å². The quantitative estimate of drug-likeness (QED) is 0.672. The zero-order chi connectivity index (χ0) is 16.4. The third-order valence-electron chi connectivity index (χ3n) is 5.07. The summed E-state index contributed by atoms with van der Waals surface area (Å²) in [6.07, 6.45) is 3.74. The Morgan fingerprint density at radius 3 is 2.70 bits per heavy atom. The number of nitrogens with one attached hydrogen (secondary N) is 1. The van der Waals surface area contributed by atoms with E-state index in [4.69, 9.17) is 9.84 Å². The van der Waals surface area contributed by atoms with Crippen molar-refractivity contribution in [3.05, 3.63) is 0 Å². The molecule has 3 fully saturated rings. The van der Waals surface area contributed by atoms with Crippen LogP contribution >= 0.6 is 0 Å². The summed E-state index contributed by atoms with van der Waals surface area (Å²) in [5, 5.41) is 12.1. The van der Waals surface area contributed by atoms with Gasteiger partial charge in [0.2, 0.25) is 0 Å². The minimum absolute atomic E-state index is 0.0352. The van der Waals surface area contributed by atoms with Crippen LogP contribution in [0.1, 0.15) is 25.7 Å². The summed E-state index contributed by atoms with van der Waals surface area (Å²) in [5.41, 5.74) is 0. The summed E-state index contributed by atoms with van der Waals surface area (Å²) in [4.78, 5) is 27.4. The maximum atomic E-state index is 12.2. The summed E-state index contributed by atoms with van der Waals surface area (Å²) in [5.74, 6) is -0.127. The molecular formula is C16H27N3O4. The van der Waals surface area contributed by atoms with Gasteiger partial charge in [0.25, 0.3) is 5.91 Å². The highest BCUT2D eigenvalue weighted by molar-refractivity contribution is 5.81. The van der Waals surface area contributed by atoms with E-state index in [2.05, 4.69) is 15.1 Å². The Balaban J connectivity index is 1.42. The van der Waals surface area contributed by atoms with Gasteiger partial charge < -0.3 is 20.1 Å². The van der Waals surface area contributed by atoms with Gasteiger partial charge in [-0.2, -0.15) is 0 Å². The zero-order valence-electron chi connectivity index (χ0n) is 13.7. The maximum Gasteiger partial charge on any atom is 0.317 e. The largest absolute Gasteiger partial charge is 0.480 e. The number of carboxylic acids is 1. The third kappa shape index (κ3) is 4.65. The number of hydrogen-bond acceptors (Lipinski definition) is 5. The van der Waals surface area contributed by atoms with Gasteiger partial charge in [0.05, 0.1) is 13.2 Å². The molecule has 1 aliphatic heterocycles. The number of ether oxygens (including phenoxy) is 1. The lowest BCUT2D eigenvalue weighted by Gasteiger charge is -2.43. The minimum Gasteiger partial charge on any atom is -0.480 e. The SMILES string of the molecule is CN1CCO[C@@H](C(=O)NC2CC(N(CC(=O)O)CC3CC3)C2)C1. The highest BCUT2D eigenvalue weighted by Gasteiger charge is 2.38. The van der Waals surface area contributed by atoms with Crippen LogP contribution in [0, 0.1) is 5.92 Å². The number of nitrogens with zero attached hydrogens (tertiary/aromatic N) is 2. The molecule has 7 nitrogen and oxygen atoms in total. The predicted molar refractivity (Wildman–Crippen MR) is 84.1 cm³/mol. The van der Waals surface area contributed by atoms with Crippen LogP contribution in [0.15, 0.2) is 0 Å². The van der Waals surface area contributed by atoms with Gasteiger partial charge in [0, 0.05) is 31.7 Å². The Hall–Kier alpha value is -1.18. The van der Waals surface area contributed by atoms with Crippen LogP contribution < -0.4 is 5.32 Å². The molecule has 7 heteroatoms. The highest BCUT2D eigenvalue weighted by atomic mass is 16.5. The molecule has 0 unspecified atom stereocenters. The van der Waals surface area contributed by atoms with Crippen molar-refractivity contribution in [1.82, 2.24) is 15.1 Å². The molecule has 2 saturated carbocycles. The van der Waals surface area contributed by atoms with Crippen LogP contribution in [0.25, 0.3) is 0 Å². The summed E-state index contributed by atoms with van der Waals surface area (Å²) in [6, 6.07) is 0.436. The number of amides is 1. The lowest BCUT2D eigenvalue weighted by molar-refractivity contribution is -0.142. The van der Waals surface area contributed by atoms with Crippen LogP contribution in [0.3, 0.4) is 0 Å². The predicted octanol–water partition coefficient (Wildman–Crippen LogP) is -0.239. The number of carbonyl (C=O) groups is 2. The average molecular weight is 325 g/mol. The Kier molecular flexibility index (Phi) is 5.18. The molecule has 1 heterocycles. The van der Waals surface area contributed by atoms with Gasteiger partial charge in [-0.1, -0.05) is 0 Å². The second-order valence-corrected chi connectivity index (χ2v) is 7.22. The van der Waals surface area contributed by atoms with Crippen LogP contribution in [0.5, 0.6) is 0 Å². The first-order chi connectivity index (χ1) is 11.0. The summed E-state index contributed by atoms with van der Waals surface area (Å²) in [7, 11) is 1.99. The van der Waals surface area contributed by atoms with Crippen molar-refractivity contribution < 1.29 is 19.4 Å². The van der Waals surface area contributed by atoms with Crippen LogP contribution in [-0.2, 0) is 14.3 Å². The Bertz CT molecular complexity index is 449. The third-order valence-corrected chi connectivity index (χ3v) is 5.07. The zero-order valence-corrected chi connectivity index (χ0v) is 13.7. The smallest absolute Gasteiger partial charge is 0.317 e. The Morgan fingerprint density at radius 1 is 1.35 bits per heavy atom. The Morgan fingerprint density at radius 2 is 2.09 bits per heavy atom. The fourth-order valence-corrected chi connectivity index (χ4v) is 3.38. The number of likely N-dealkylation sites (N-methyl/N-ethyl adjacent to an activating group) is 1. The topological polar surface area (TPSA) is 82.1 Å². The van der Waals surface area contributed by atoms with Crippen molar-refractivity contribution in [1.29, 1.82) is 0 Å². The van der Waals surface area contributed by atoms with Crippen LogP contribution in [-0.4, -0.2) is 84.8 Å². The fourth-order valence-electron chi connectivity index (χ4n) is 3.38. The van der Waals surface area contributed by atoms with Crippen LogP contribution in [0.2, 0.25) is 0 Å². The van der Waals surface area contributed by atoms with Crippen molar-refractivity contribution in [2.24, 2.45) is 5.92 Å². The molecule has 2 N–H and O–H groups in total. The molecule has 1 saturated heterocycles. The van der Waals surface area contributed by atoms with E-state index in [-0.39, 0.29) is 30.6 Å². The number of carboxylic acid groups (broad SMARTS) is 1.